The minimum atomic E-state index is 0.876. The van der Waals surface area contributed by atoms with Gasteiger partial charge in [0.05, 0.1) is 46.7 Å². The minimum Gasteiger partial charge on any atom is -0.277 e. The molecule has 0 unspecified atom stereocenters. The molecule has 0 aromatic heterocycles. The first-order valence-corrected chi connectivity index (χ1v) is 8.79. The van der Waals surface area contributed by atoms with E-state index in [2.05, 4.69) is 21.0 Å². The SMILES string of the molecule is CCCCC([N+]1(C)CCCCC1)[N+]1(C)CCCCC1. The van der Waals surface area contributed by atoms with Crippen LogP contribution in [0.25, 0.3) is 0 Å². The van der Waals surface area contributed by atoms with Gasteiger partial charge in [0, 0.05) is 0 Å². The lowest BCUT2D eigenvalue weighted by Gasteiger charge is -2.53. The Labute approximate surface area is 121 Å². The Morgan fingerprint density at radius 2 is 1.16 bits per heavy atom. The number of rotatable bonds is 5. The fourth-order valence-electron chi connectivity index (χ4n) is 4.75. The quantitative estimate of drug-likeness (QED) is 0.666. The third kappa shape index (κ3) is 3.52. The molecule has 2 saturated heterocycles. The fourth-order valence-corrected chi connectivity index (χ4v) is 4.75. The van der Waals surface area contributed by atoms with Crippen LogP contribution < -0.4 is 0 Å². The van der Waals surface area contributed by atoms with Crippen LogP contribution in [0.15, 0.2) is 0 Å². The summed E-state index contributed by atoms with van der Waals surface area (Å²) in [6, 6.07) is 0. The molecule has 2 heteroatoms. The zero-order valence-electron chi connectivity index (χ0n) is 13.7. The monoisotopic (exact) mass is 268 g/mol. The molecule has 2 aliphatic rings. The first-order valence-electron chi connectivity index (χ1n) is 8.79. The number of hydrogen-bond donors (Lipinski definition) is 0. The summed E-state index contributed by atoms with van der Waals surface area (Å²) in [4.78, 5) is 0. The Kier molecular flexibility index (Phi) is 5.30. The summed E-state index contributed by atoms with van der Waals surface area (Å²) in [7, 11) is 5.13. The third-order valence-corrected chi connectivity index (χ3v) is 5.93. The molecule has 0 radical (unpaired) electrons. The number of nitrogens with zero attached hydrogens (tertiary/aromatic N) is 2. The molecule has 0 bridgehead atoms. The van der Waals surface area contributed by atoms with Crippen molar-refractivity contribution in [3.05, 3.63) is 0 Å². The zero-order valence-corrected chi connectivity index (χ0v) is 13.7. The number of hydrogen-bond acceptors (Lipinski definition) is 0. The van der Waals surface area contributed by atoms with E-state index in [1.54, 1.807) is 0 Å². The van der Waals surface area contributed by atoms with Gasteiger partial charge in [-0.1, -0.05) is 13.3 Å². The van der Waals surface area contributed by atoms with Gasteiger partial charge < -0.3 is 0 Å². The van der Waals surface area contributed by atoms with Crippen molar-refractivity contribution in [1.82, 2.24) is 0 Å². The van der Waals surface area contributed by atoms with E-state index in [4.69, 9.17) is 0 Å². The predicted octanol–water partition coefficient (Wildman–Crippen LogP) is 3.76. The normalized spacial score (nSPS) is 26.5. The highest BCUT2D eigenvalue weighted by molar-refractivity contribution is 4.61. The zero-order chi connectivity index (χ0) is 13.8. The molecule has 2 nitrogen and oxygen atoms in total. The van der Waals surface area contributed by atoms with Crippen molar-refractivity contribution in [2.24, 2.45) is 0 Å². The molecule has 2 aliphatic heterocycles. The van der Waals surface area contributed by atoms with Crippen LogP contribution in [-0.2, 0) is 0 Å². The summed E-state index contributed by atoms with van der Waals surface area (Å²) in [5.74, 6) is 0. The third-order valence-electron chi connectivity index (χ3n) is 5.93. The van der Waals surface area contributed by atoms with Crippen molar-refractivity contribution in [2.75, 3.05) is 40.3 Å². The topological polar surface area (TPSA) is 0 Å². The maximum Gasteiger partial charge on any atom is 0.216 e. The van der Waals surface area contributed by atoms with Crippen molar-refractivity contribution in [1.29, 1.82) is 0 Å². The first-order chi connectivity index (χ1) is 9.11. The second-order valence-electron chi connectivity index (χ2n) is 7.60. The van der Waals surface area contributed by atoms with Crippen molar-refractivity contribution in [3.8, 4) is 0 Å². The standard InChI is InChI=1S/C17H36N2/c1-4-5-12-17(18(2)13-8-6-9-14-18)19(3)15-10-7-11-16-19/h17H,4-16H2,1-3H3/q+2. The maximum absolute atomic E-state index is 2.57. The summed E-state index contributed by atoms with van der Waals surface area (Å²) in [6.45, 7) is 8.08. The summed E-state index contributed by atoms with van der Waals surface area (Å²) < 4.78 is 2.74. The summed E-state index contributed by atoms with van der Waals surface area (Å²) in [5, 5.41) is 0. The highest BCUT2D eigenvalue weighted by atomic mass is 15.5. The van der Waals surface area contributed by atoms with Crippen molar-refractivity contribution >= 4 is 0 Å². The van der Waals surface area contributed by atoms with Crippen LogP contribution in [-0.4, -0.2) is 55.4 Å². The van der Waals surface area contributed by atoms with Crippen LogP contribution in [0.4, 0.5) is 0 Å². The van der Waals surface area contributed by atoms with Gasteiger partial charge in [0.2, 0.25) is 6.17 Å². The van der Waals surface area contributed by atoms with E-state index in [0.29, 0.717) is 0 Å². The molecular weight excluding hydrogens is 232 g/mol. The van der Waals surface area contributed by atoms with Crippen LogP contribution in [0, 0.1) is 0 Å². The molecule has 19 heavy (non-hydrogen) atoms. The number of quaternary nitrogens is 2. The van der Waals surface area contributed by atoms with Gasteiger partial charge in [0.1, 0.15) is 0 Å². The molecule has 0 aliphatic carbocycles. The van der Waals surface area contributed by atoms with E-state index >= 15 is 0 Å². The minimum absolute atomic E-state index is 0.876. The molecule has 0 spiro atoms. The van der Waals surface area contributed by atoms with Gasteiger partial charge >= 0.3 is 0 Å². The Bertz CT molecular complexity index is 238. The Morgan fingerprint density at radius 1 is 0.737 bits per heavy atom. The van der Waals surface area contributed by atoms with E-state index in [0.717, 1.165) is 6.17 Å². The Balaban J connectivity index is 2.13. The van der Waals surface area contributed by atoms with Crippen molar-refractivity contribution < 1.29 is 8.97 Å². The lowest BCUT2D eigenvalue weighted by molar-refractivity contribution is -1.12. The van der Waals surface area contributed by atoms with Crippen LogP contribution in [0.1, 0.15) is 64.7 Å². The lowest BCUT2D eigenvalue weighted by Crippen LogP contribution is -2.69. The second-order valence-corrected chi connectivity index (χ2v) is 7.60. The number of unbranched alkanes of at least 4 members (excludes halogenated alkanes) is 1. The number of likely N-dealkylation sites (tertiary alicyclic amines) is 2. The van der Waals surface area contributed by atoms with Gasteiger partial charge in [-0.3, -0.25) is 8.97 Å². The highest BCUT2D eigenvalue weighted by Crippen LogP contribution is 2.32. The van der Waals surface area contributed by atoms with Gasteiger partial charge in [0.15, 0.2) is 0 Å². The average Bonchev–Trinajstić information content (AvgIpc) is 2.40. The van der Waals surface area contributed by atoms with Crippen molar-refractivity contribution in [3.63, 3.8) is 0 Å². The summed E-state index contributed by atoms with van der Waals surface area (Å²) >= 11 is 0. The van der Waals surface area contributed by atoms with Crippen molar-refractivity contribution in [2.45, 2.75) is 70.9 Å². The van der Waals surface area contributed by atoms with Gasteiger partial charge in [-0.05, 0) is 44.9 Å². The molecule has 0 atom stereocenters. The molecule has 2 rings (SSSR count). The van der Waals surface area contributed by atoms with Crippen LogP contribution in [0.2, 0.25) is 0 Å². The van der Waals surface area contributed by atoms with Gasteiger partial charge in [0.25, 0.3) is 0 Å². The summed E-state index contributed by atoms with van der Waals surface area (Å²) in [5.41, 5.74) is 0. The smallest absolute Gasteiger partial charge is 0.216 e. The van der Waals surface area contributed by atoms with Crippen LogP contribution in [0.5, 0.6) is 0 Å². The van der Waals surface area contributed by atoms with E-state index in [9.17, 15) is 0 Å². The predicted molar refractivity (Wildman–Crippen MR) is 82.9 cm³/mol. The van der Waals surface area contributed by atoms with E-state index in [1.807, 2.05) is 0 Å². The molecule has 112 valence electrons. The molecule has 0 amide bonds. The maximum atomic E-state index is 2.57. The van der Waals surface area contributed by atoms with Gasteiger partial charge in [-0.2, -0.15) is 0 Å². The average molecular weight is 268 g/mol. The molecule has 0 N–H and O–H groups in total. The van der Waals surface area contributed by atoms with Gasteiger partial charge in [-0.25, -0.2) is 0 Å². The Morgan fingerprint density at radius 3 is 1.53 bits per heavy atom. The van der Waals surface area contributed by atoms with Gasteiger partial charge in [-0.15, -0.1) is 0 Å². The highest BCUT2D eigenvalue weighted by Gasteiger charge is 2.46. The largest absolute Gasteiger partial charge is 0.277 e. The molecule has 2 fully saturated rings. The second kappa shape index (κ2) is 6.58. The molecule has 0 saturated carbocycles. The van der Waals surface area contributed by atoms with Crippen LogP contribution >= 0.6 is 0 Å². The molecule has 2 heterocycles. The summed E-state index contributed by atoms with van der Waals surface area (Å²) in [6.07, 6.45) is 13.9. The molecule has 0 aromatic rings. The Hall–Kier alpha value is -0.0800. The molecule has 0 aromatic carbocycles. The molecular formula is C17H36N2+2. The van der Waals surface area contributed by atoms with E-state index < -0.39 is 0 Å². The lowest BCUT2D eigenvalue weighted by atomic mass is 9.99. The van der Waals surface area contributed by atoms with E-state index in [1.165, 1.54) is 92.9 Å². The fraction of sp³-hybridized carbons (Fsp3) is 1.00. The van der Waals surface area contributed by atoms with Crippen LogP contribution in [0.3, 0.4) is 0 Å². The number of piperidine rings is 2. The first kappa shape index (κ1) is 15.3. The van der Waals surface area contributed by atoms with E-state index in [-0.39, 0.29) is 0 Å².